The molecule has 1 aliphatic carbocycles. The fourth-order valence-corrected chi connectivity index (χ4v) is 3.26. The van der Waals surface area contributed by atoms with E-state index in [1.807, 2.05) is 0 Å². The van der Waals surface area contributed by atoms with Crippen molar-refractivity contribution >= 4 is 23.5 Å². The van der Waals surface area contributed by atoms with E-state index in [9.17, 15) is 19.2 Å². The van der Waals surface area contributed by atoms with Crippen LogP contribution in [0.5, 0.6) is 0 Å². The second-order valence-electron chi connectivity index (χ2n) is 5.62. The number of benzene rings is 1. The number of hydrogen-bond acceptors (Lipinski definition) is 4. The molecular weight excluding hydrogens is 315 g/mol. The summed E-state index contributed by atoms with van der Waals surface area (Å²) in [6.45, 7) is 0. The SMILES string of the molecule is CSc1cc(C(=O)C(C#N)C(=O)NC2CCCCC2)ccc1F. The molecule has 1 unspecified atom stereocenters. The smallest absolute Gasteiger partial charge is 0.245 e. The number of amides is 1. The highest BCUT2D eigenvalue weighted by atomic mass is 32.2. The zero-order valence-electron chi connectivity index (χ0n) is 13.0. The largest absolute Gasteiger partial charge is 0.352 e. The van der Waals surface area contributed by atoms with Crippen molar-refractivity contribution < 1.29 is 14.0 Å². The Balaban J connectivity index is 2.11. The van der Waals surface area contributed by atoms with Gasteiger partial charge in [0.1, 0.15) is 5.82 Å². The molecule has 1 N–H and O–H groups in total. The molecule has 1 saturated carbocycles. The highest BCUT2D eigenvalue weighted by molar-refractivity contribution is 7.98. The quantitative estimate of drug-likeness (QED) is 0.509. The number of ketones is 1. The lowest BCUT2D eigenvalue weighted by molar-refractivity contribution is -0.123. The summed E-state index contributed by atoms with van der Waals surface area (Å²) in [4.78, 5) is 25.0. The molecule has 1 aliphatic rings. The van der Waals surface area contributed by atoms with E-state index in [1.54, 1.807) is 12.3 Å². The van der Waals surface area contributed by atoms with Crippen molar-refractivity contribution in [2.45, 2.75) is 43.0 Å². The van der Waals surface area contributed by atoms with Crippen molar-refractivity contribution in [3.05, 3.63) is 29.6 Å². The molecule has 0 heterocycles. The van der Waals surface area contributed by atoms with Gasteiger partial charge in [-0.3, -0.25) is 9.59 Å². The average molecular weight is 334 g/mol. The Morgan fingerprint density at radius 3 is 2.65 bits per heavy atom. The maximum Gasteiger partial charge on any atom is 0.245 e. The van der Waals surface area contributed by atoms with E-state index < -0.39 is 23.4 Å². The van der Waals surface area contributed by atoms with Gasteiger partial charge in [0.05, 0.1) is 6.07 Å². The molecule has 1 fully saturated rings. The Morgan fingerprint density at radius 2 is 2.04 bits per heavy atom. The summed E-state index contributed by atoms with van der Waals surface area (Å²) < 4.78 is 13.5. The maximum absolute atomic E-state index is 13.5. The van der Waals surface area contributed by atoms with Crippen molar-refractivity contribution in [3.63, 3.8) is 0 Å². The Labute approximate surface area is 139 Å². The van der Waals surface area contributed by atoms with E-state index in [0.29, 0.717) is 4.90 Å². The van der Waals surface area contributed by atoms with Crippen LogP contribution >= 0.6 is 11.8 Å². The molecule has 0 radical (unpaired) electrons. The van der Waals surface area contributed by atoms with Crippen molar-refractivity contribution in [2.75, 3.05) is 6.26 Å². The number of nitrogens with zero attached hydrogens (tertiary/aromatic N) is 1. The second-order valence-corrected chi connectivity index (χ2v) is 6.47. The van der Waals surface area contributed by atoms with Gasteiger partial charge >= 0.3 is 0 Å². The summed E-state index contributed by atoms with van der Waals surface area (Å²) in [7, 11) is 0. The van der Waals surface area contributed by atoms with Crippen LogP contribution in [0.2, 0.25) is 0 Å². The lowest BCUT2D eigenvalue weighted by Crippen LogP contribution is -2.42. The Kier molecular flexibility index (Phi) is 6.17. The van der Waals surface area contributed by atoms with Crippen molar-refractivity contribution in [3.8, 4) is 6.07 Å². The average Bonchev–Trinajstić information content (AvgIpc) is 2.56. The predicted molar refractivity (Wildman–Crippen MR) is 86.6 cm³/mol. The minimum atomic E-state index is -1.39. The normalized spacial score (nSPS) is 16.4. The Bertz CT molecular complexity index is 636. The van der Waals surface area contributed by atoms with E-state index in [0.717, 1.165) is 32.1 Å². The van der Waals surface area contributed by atoms with Crippen molar-refractivity contribution in [1.82, 2.24) is 5.32 Å². The Morgan fingerprint density at radius 1 is 1.35 bits per heavy atom. The highest BCUT2D eigenvalue weighted by Gasteiger charge is 2.29. The van der Waals surface area contributed by atoms with Gasteiger partial charge in [0.15, 0.2) is 11.7 Å². The number of rotatable bonds is 5. The molecule has 0 spiro atoms. The van der Waals surface area contributed by atoms with Gasteiger partial charge in [-0.2, -0.15) is 5.26 Å². The third kappa shape index (κ3) is 4.32. The number of nitrogens with one attached hydrogen (secondary N) is 1. The molecule has 1 aromatic rings. The summed E-state index contributed by atoms with van der Waals surface area (Å²) in [5.74, 6) is -2.96. The fraction of sp³-hybridized carbons (Fsp3) is 0.471. The number of hydrogen-bond donors (Lipinski definition) is 1. The Hall–Kier alpha value is -1.87. The molecular formula is C17H19FN2O2S. The number of carbonyl (C=O) groups is 2. The van der Waals surface area contributed by atoms with Crippen LogP contribution < -0.4 is 5.32 Å². The van der Waals surface area contributed by atoms with E-state index in [4.69, 9.17) is 0 Å². The zero-order valence-corrected chi connectivity index (χ0v) is 13.8. The van der Waals surface area contributed by atoms with Gasteiger partial charge < -0.3 is 5.32 Å². The molecule has 4 nitrogen and oxygen atoms in total. The molecule has 2 rings (SSSR count). The first-order valence-electron chi connectivity index (χ1n) is 7.64. The first kappa shape index (κ1) is 17.5. The van der Waals surface area contributed by atoms with E-state index in [1.165, 1.54) is 30.0 Å². The number of halogens is 1. The molecule has 23 heavy (non-hydrogen) atoms. The summed E-state index contributed by atoms with van der Waals surface area (Å²) in [5, 5.41) is 12.0. The predicted octanol–water partition coefficient (Wildman–Crippen LogP) is 3.32. The first-order chi connectivity index (χ1) is 11.1. The second kappa shape index (κ2) is 8.11. The van der Waals surface area contributed by atoms with Crippen LogP contribution in [-0.2, 0) is 4.79 Å². The minimum Gasteiger partial charge on any atom is -0.352 e. The van der Waals surface area contributed by atoms with Gasteiger partial charge in [-0.15, -0.1) is 11.8 Å². The number of carbonyl (C=O) groups excluding carboxylic acids is 2. The van der Waals surface area contributed by atoms with Crippen LogP contribution in [0, 0.1) is 23.1 Å². The van der Waals surface area contributed by atoms with Crippen LogP contribution in [0.1, 0.15) is 42.5 Å². The van der Waals surface area contributed by atoms with Gasteiger partial charge in [-0.05, 0) is 37.3 Å². The first-order valence-corrected chi connectivity index (χ1v) is 8.87. The maximum atomic E-state index is 13.5. The molecule has 1 atom stereocenters. The zero-order chi connectivity index (χ0) is 16.8. The molecule has 1 amide bonds. The number of Topliss-reactive ketones (excluding diaryl/α,β-unsaturated/α-hetero) is 1. The summed E-state index contributed by atoms with van der Waals surface area (Å²) in [6.07, 6.45) is 6.71. The number of nitriles is 1. The molecule has 6 heteroatoms. The van der Waals surface area contributed by atoms with Gasteiger partial charge in [0.2, 0.25) is 5.91 Å². The van der Waals surface area contributed by atoms with E-state index in [2.05, 4.69) is 5.32 Å². The highest BCUT2D eigenvalue weighted by Crippen LogP contribution is 2.23. The summed E-state index contributed by atoms with van der Waals surface area (Å²) in [6, 6.07) is 5.71. The molecule has 1 aromatic carbocycles. The van der Waals surface area contributed by atoms with E-state index in [-0.39, 0.29) is 11.6 Å². The molecule has 0 bridgehead atoms. The van der Waals surface area contributed by atoms with Crippen LogP contribution in [-0.4, -0.2) is 24.0 Å². The van der Waals surface area contributed by atoms with Gasteiger partial charge in [0.25, 0.3) is 0 Å². The molecule has 0 aromatic heterocycles. The standard InChI is InChI=1S/C17H19FN2O2S/c1-23-15-9-11(7-8-14(15)18)16(21)13(10-19)17(22)20-12-5-3-2-4-6-12/h7-9,12-13H,2-6H2,1H3,(H,20,22). The molecule has 0 aliphatic heterocycles. The third-order valence-corrected chi connectivity index (χ3v) is 4.79. The van der Waals surface area contributed by atoms with Gasteiger partial charge in [-0.25, -0.2) is 4.39 Å². The van der Waals surface area contributed by atoms with Crippen LogP contribution in [0.15, 0.2) is 23.1 Å². The number of thioether (sulfide) groups is 1. The molecule has 0 saturated heterocycles. The van der Waals surface area contributed by atoms with Crippen LogP contribution in [0.25, 0.3) is 0 Å². The monoisotopic (exact) mass is 334 g/mol. The molecule has 122 valence electrons. The lowest BCUT2D eigenvalue weighted by Gasteiger charge is -2.23. The van der Waals surface area contributed by atoms with Gasteiger partial charge in [0, 0.05) is 16.5 Å². The van der Waals surface area contributed by atoms with Gasteiger partial charge in [-0.1, -0.05) is 19.3 Å². The minimum absolute atomic E-state index is 0.0369. The summed E-state index contributed by atoms with van der Waals surface area (Å²) in [5.41, 5.74) is 0.182. The van der Waals surface area contributed by atoms with Crippen LogP contribution in [0.3, 0.4) is 0 Å². The third-order valence-electron chi connectivity index (χ3n) is 4.04. The lowest BCUT2D eigenvalue weighted by atomic mass is 9.93. The van der Waals surface area contributed by atoms with E-state index >= 15 is 0 Å². The van der Waals surface area contributed by atoms with Crippen LogP contribution in [0.4, 0.5) is 4.39 Å². The van der Waals surface area contributed by atoms with Crippen molar-refractivity contribution in [1.29, 1.82) is 5.26 Å². The topological polar surface area (TPSA) is 70.0 Å². The fourth-order valence-electron chi connectivity index (χ4n) is 2.75. The van der Waals surface area contributed by atoms with Crippen molar-refractivity contribution in [2.24, 2.45) is 5.92 Å². The summed E-state index contributed by atoms with van der Waals surface area (Å²) >= 11 is 1.17.